The van der Waals surface area contributed by atoms with Crippen LogP contribution in [0, 0.1) is 0 Å². The number of pyridine rings is 1. The van der Waals surface area contributed by atoms with Crippen LogP contribution >= 0.6 is 0 Å². The van der Waals surface area contributed by atoms with E-state index in [-0.39, 0.29) is 5.91 Å². The van der Waals surface area contributed by atoms with Crippen molar-refractivity contribution < 1.29 is 14.3 Å². The van der Waals surface area contributed by atoms with Crippen molar-refractivity contribution in [1.82, 2.24) is 10.3 Å². The van der Waals surface area contributed by atoms with Gasteiger partial charge in [-0.3, -0.25) is 9.78 Å². The summed E-state index contributed by atoms with van der Waals surface area (Å²) in [5.74, 6) is -0.835. The van der Waals surface area contributed by atoms with Crippen molar-refractivity contribution in [3.8, 4) is 0 Å². The minimum atomic E-state index is -0.691. The van der Waals surface area contributed by atoms with Crippen molar-refractivity contribution in [2.45, 2.75) is 13.0 Å². The highest BCUT2D eigenvalue weighted by Gasteiger charge is 2.17. The van der Waals surface area contributed by atoms with Gasteiger partial charge in [-0.15, -0.1) is 0 Å². The number of ether oxygens (including phenoxy) is 1. The van der Waals surface area contributed by atoms with E-state index in [4.69, 9.17) is 0 Å². The molecule has 2 rings (SSSR count). The SMILES string of the molecule is COC(=O)[C@H](C)NC(=O)c1cnc2ccccc2c1. The summed E-state index contributed by atoms with van der Waals surface area (Å²) in [4.78, 5) is 27.4. The molecule has 0 aliphatic carbocycles. The standard InChI is InChI=1S/C14H14N2O3/c1-9(14(18)19-2)16-13(17)11-7-10-5-3-4-6-12(10)15-8-11/h3-9H,1-2H3,(H,16,17)/t9-/m0/s1. The maximum absolute atomic E-state index is 12.0. The Morgan fingerprint density at radius 1 is 1.32 bits per heavy atom. The number of esters is 1. The van der Waals surface area contributed by atoms with Crippen LogP contribution in [0.25, 0.3) is 10.9 Å². The topological polar surface area (TPSA) is 68.3 Å². The summed E-state index contributed by atoms with van der Waals surface area (Å²) < 4.78 is 4.55. The van der Waals surface area contributed by atoms with Crippen LogP contribution in [0.2, 0.25) is 0 Å². The number of para-hydroxylation sites is 1. The number of nitrogens with zero attached hydrogens (tertiary/aromatic N) is 1. The molecule has 0 radical (unpaired) electrons. The number of hydrogen-bond donors (Lipinski definition) is 1. The van der Waals surface area contributed by atoms with E-state index in [0.717, 1.165) is 10.9 Å². The van der Waals surface area contributed by atoms with E-state index in [1.165, 1.54) is 13.3 Å². The van der Waals surface area contributed by atoms with E-state index in [2.05, 4.69) is 15.0 Å². The molecule has 5 nitrogen and oxygen atoms in total. The number of nitrogens with one attached hydrogen (secondary N) is 1. The number of amides is 1. The Labute approximate surface area is 110 Å². The first-order valence-electron chi connectivity index (χ1n) is 5.85. The fourth-order valence-corrected chi connectivity index (χ4v) is 1.71. The highest BCUT2D eigenvalue weighted by atomic mass is 16.5. The van der Waals surface area contributed by atoms with Gasteiger partial charge in [0.2, 0.25) is 0 Å². The lowest BCUT2D eigenvalue weighted by Gasteiger charge is -2.11. The zero-order chi connectivity index (χ0) is 13.8. The number of carbonyl (C=O) groups is 2. The van der Waals surface area contributed by atoms with E-state index >= 15 is 0 Å². The number of carbonyl (C=O) groups excluding carboxylic acids is 2. The number of rotatable bonds is 3. The van der Waals surface area contributed by atoms with Crippen molar-refractivity contribution in [3.05, 3.63) is 42.1 Å². The number of methoxy groups -OCH3 is 1. The molecule has 0 spiro atoms. The molecule has 1 aromatic heterocycles. The Kier molecular flexibility index (Phi) is 3.75. The number of aromatic nitrogens is 1. The molecule has 0 saturated heterocycles. The molecule has 0 bridgehead atoms. The lowest BCUT2D eigenvalue weighted by Crippen LogP contribution is -2.39. The first kappa shape index (κ1) is 13.0. The quantitative estimate of drug-likeness (QED) is 0.848. The van der Waals surface area contributed by atoms with Gasteiger partial charge in [0.25, 0.3) is 5.91 Å². The molecule has 0 saturated carbocycles. The van der Waals surface area contributed by atoms with E-state index in [9.17, 15) is 9.59 Å². The smallest absolute Gasteiger partial charge is 0.328 e. The van der Waals surface area contributed by atoms with Crippen LogP contribution in [0.1, 0.15) is 17.3 Å². The second-order valence-electron chi connectivity index (χ2n) is 4.14. The molecule has 1 aromatic carbocycles. The minimum Gasteiger partial charge on any atom is -0.467 e. The Hall–Kier alpha value is -2.43. The maximum Gasteiger partial charge on any atom is 0.328 e. The molecule has 5 heteroatoms. The largest absolute Gasteiger partial charge is 0.467 e. The minimum absolute atomic E-state index is 0.351. The molecule has 1 heterocycles. The molecule has 0 aliphatic rings. The molecular weight excluding hydrogens is 244 g/mol. The second kappa shape index (κ2) is 5.48. The highest BCUT2D eigenvalue weighted by molar-refractivity contribution is 5.99. The van der Waals surface area contributed by atoms with Crippen LogP contribution in [-0.4, -0.2) is 30.0 Å². The van der Waals surface area contributed by atoms with E-state index in [0.29, 0.717) is 5.56 Å². The van der Waals surface area contributed by atoms with E-state index in [1.54, 1.807) is 13.0 Å². The number of benzene rings is 1. The molecular formula is C14H14N2O3. The highest BCUT2D eigenvalue weighted by Crippen LogP contribution is 2.12. The summed E-state index contributed by atoms with van der Waals surface area (Å²) >= 11 is 0. The molecule has 2 aromatic rings. The third-order valence-electron chi connectivity index (χ3n) is 2.76. The summed E-state index contributed by atoms with van der Waals surface area (Å²) in [6.07, 6.45) is 1.49. The Bertz CT molecular complexity index is 625. The van der Waals surface area contributed by atoms with Gasteiger partial charge in [0, 0.05) is 11.6 Å². The average molecular weight is 258 g/mol. The third kappa shape index (κ3) is 2.88. The predicted molar refractivity (Wildman–Crippen MR) is 70.7 cm³/mol. The van der Waals surface area contributed by atoms with Crippen LogP contribution in [0.3, 0.4) is 0 Å². The van der Waals surface area contributed by atoms with Gasteiger partial charge in [-0.25, -0.2) is 4.79 Å². The first-order valence-corrected chi connectivity index (χ1v) is 5.85. The van der Waals surface area contributed by atoms with Gasteiger partial charge in [0.1, 0.15) is 6.04 Å². The number of fused-ring (bicyclic) bond motifs is 1. The molecule has 1 atom stereocenters. The molecule has 19 heavy (non-hydrogen) atoms. The van der Waals surface area contributed by atoms with Crippen molar-refractivity contribution in [3.63, 3.8) is 0 Å². The maximum atomic E-state index is 12.0. The monoisotopic (exact) mass is 258 g/mol. The van der Waals surface area contributed by atoms with Crippen molar-refractivity contribution >= 4 is 22.8 Å². The normalized spacial score (nSPS) is 11.9. The molecule has 1 N–H and O–H groups in total. The van der Waals surface area contributed by atoms with Crippen LogP contribution in [0.15, 0.2) is 36.5 Å². The van der Waals surface area contributed by atoms with Crippen LogP contribution < -0.4 is 5.32 Å². The van der Waals surface area contributed by atoms with Gasteiger partial charge in [0.15, 0.2) is 0 Å². The Morgan fingerprint density at radius 3 is 2.79 bits per heavy atom. The average Bonchev–Trinajstić information content (AvgIpc) is 2.45. The number of hydrogen-bond acceptors (Lipinski definition) is 4. The van der Waals surface area contributed by atoms with Crippen molar-refractivity contribution in [1.29, 1.82) is 0 Å². The molecule has 0 unspecified atom stereocenters. The Balaban J connectivity index is 2.19. The van der Waals surface area contributed by atoms with E-state index in [1.807, 2.05) is 24.3 Å². The zero-order valence-corrected chi connectivity index (χ0v) is 10.7. The lowest BCUT2D eigenvalue weighted by molar-refractivity contribution is -0.142. The lowest BCUT2D eigenvalue weighted by atomic mass is 10.1. The van der Waals surface area contributed by atoms with Crippen LogP contribution in [0.4, 0.5) is 0 Å². The summed E-state index contributed by atoms with van der Waals surface area (Å²) in [5.41, 5.74) is 1.23. The van der Waals surface area contributed by atoms with Crippen LogP contribution in [-0.2, 0) is 9.53 Å². The fourth-order valence-electron chi connectivity index (χ4n) is 1.71. The van der Waals surface area contributed by atoms with Crippen molar-refractivity contribution in [2.24, 2.45) is 0 Å². The third-order valence-corrected chi connectivity index (χ3v) is 2.76. The van der Waals surface area contributed by atoms with Gasteiger partial charge in [0.05, 0.1) is 18.2 Å². The van der Waals surface area contributed by atoms with Crippen LogP contribution in [0.5, 0.6) is 0 Å². The summed E-state index contributed by atoms with van der Waals surface area (Å²) in [7, 11) is 1.28. The molecule has 0 aliphatic heterocycles. The van der Waals surface area contributed by atoms with Gasteiger partial charge < -0.3 is 10.1 Å². The van der Waals surface area contributed by atoms with Gasteiger partial charge in [-0.2, -0.15) is 0 Å². The molecule has 1 amide bonds. The van der Waals surface area contributed by atoms with Crippen molar-refractivity contribution in [2.75, 3.05) is 7.11 Å². The van der Waals surface area contributed by atoms with Gasteiger partial charge in [-0.05, 0) is 19.1 Å². The summed E-state index contributed by atoms with van der Waals surface area (Å²) in [5, 5.41) is 3.43. The predicted octanol–water partition coefficient (Wildman–Crippen LogP) is 1.53. The fraction of sp³-hybridized carbons (Fsp3) is 0.214. The van der Waals surface area contributed by atoms with Gasteiger partial charge in [-0.1, -0.05) is 18.2 Å². The molecule has 98 valence electrons. The summed E-state index contributed by atoms with van der Waals surface area (Å²) in [6.45, 7) is 1.57. The Morgan fingerprint density at radius 2 is 2.05 bits per heavy atom. The zero-order valence-electron chi connectivity index (χ0n) is 10.7. The second-order valence-corrected chi connectivity index (χ2v) is 4.14. The van der Waals surface area contributed by atoms with Gasteiger partial charge >= 0.3 is 5.97 Å². The molecule has 0 fully saturated rings. The first-order chi connectivity index (χ1) is 9.11. The van der Waals surface area contributed by atoms with E-state index < -0.39 is 12.0 Å². The summed E-state index contributed by atoms with van der Waals surface area (Å²) in [6, 6.07) is 8.56.